The molecule has 1 aromatic carbocycles. The molecule has 1 fully saturated rings. The van der Waals surface area contributed by atoms with Crippen molar-refractivity contribution in [2.45, 2.75) is 38.9 Å². The zero-order chi connectivity index (χ0) is 19.4. The van der Waals surface area contributed by atoms with Crippen LogP contribution in [0.2, 0.25) is 0 Å². The van der Waals surface area contributed by atoms with Gasteiger partial charge >= 0.3 is 7.12 Å². The van der Waals surface area contributed by atoms with E-state index in [0.29, 0.717) is 6.01 Å². The van der Waals surface area contributed by atoms with E-state index in [9.17, 15) is 0 Å². The maximum absolute atomic E-state index is 6.14. The third-order valence-corrected chi connectivity index (χ3v) is 5.82. The van der Waals surface area contributed by atoms with Gasteiger partial charge in [0.25, 0.3) is 6.01 Å². The first-order valence-electron chi connectivity index (χ1n) is 9.22. The second-order valence-corrected chi connectivity index (χ2v) is 8.13. The van der Waals surface area contributed by atoms with Gasteiger partial charge in [0.15, 0.2) is 5.58 Å². The van der Waals surface area contributed by atoms with Gasteiger partial charge < -0.3 is 18.6 Å². The highest BCUT2D eigenvalue weighted by Gasteiger charge is 2.51. The van der Waals surface area contributed by atoms with Crippen LogP contribution in [0.5, 0.6) is 0 Å². The Morgan fingerprint density at radius 1 is 1.04 bits per heavy atom. The van der Waals surface area contributed by atoms with Crippen molar-refractivity contribution in [3.05, 3.63) is 54.7 Å². The standard InChI is InChI=1S/C21H25BN2O3/c1-7-14-12-24(13-15(14)8-2)19-23-17-11-16(9-10-18(17)25-19)22-26-20(3,4)21(5,6)27-22/h7-11H,1-2,12-13H2,3-6H3. The van der Waals surface area contributed by atoms with Gasteiger partial charge in [0.2, 0.25) is 0 Å². The molecule has 5 nitrogen and oxygen atoms in total. The number of anilines is 1. The number of rotatable bonds is 4. The van der Waals surface area contributed by atoms with Crippen LogP contribution >= 0.6 is 0 Å². The molecule has 27 heavy (non-hydrogen) atoms. The smallest absolute Gasteiger partial charge is 0.423 e. The predicted molar refractivity (Wildman–Crippen MR) is 109 cm³/mol. The Hall–Kier alpha value is -2.31. The molecule has 0 aliphatic carbocycles. The minimum atomic E-state index is -0.409. The SMILES string of the molecule is C=CC1=C(C=C)CN(c2nc3cc(B4OC(C)(C)C(C)(C)O4)ccc3o2)C1. The lowest BCUT2D eigenvalue weighted by Gasteiger charge is -2.32. The molecule has 0 unspecified atom stereocenters. The van der Waals surface area contributed by atoms with E-state index in [-0.39, 0.29) is 11.2 Å². The molecule has 1 saturated heterocycles. The summed E-state index contributed by atoms with van der Waals surface area (Å²) >= 11 is 0. The van der Waals surface area contributed by atoms with Crippen molar-refractivity contribution in [2.24, 2.45) is 0 Å². The van der Waals surface area contributed by atoms with E-state index in [0.717, 1.165) is 40.8 Å². The van der Waals surface area contributed by atoms with Crippen LogP contribution in [0.25, 0.3) is 11.1 Å². The van der Waals surface area contributed by atoms with Gasteiger partial charge in [-0.2, -0.15) is 4.98 Å². The third kappa shape index (κ3) is 2.93. The van der Waals surface area contributed by atoms with Gasteiger partial charge in [-0.25, -0.2) is 0 Å². The van der Waals surface area contributed by atoms with Crippen LogP contribution in [0.1, 0.15) is 27.7 Å². The molecule has 0 N–H and O–H groups in total. The Balaban J connectivity index is 1.61. The van der Waals surface area contributed by atoms with Crippen molar-refractivity contribution in [3.63, 3.8) is 0 Å². The normalized spacial score (nSPS) is 21.3. The van der Waals surface area contributed by atoms with E-state index in [1.54, 1.807) is 0 Å². The highest BCUT2D eigenvalue weighted by Crippen LogP contribution is 2.36. The molecule has 6 heteroatoms. The van der Waals surface area contributed by atoms with Crippen LogP contribution in [0.3, 0.4) is 0 Å². The van der Waals surface area contributed by atoms with Crippen LogP contribution in [-0.2, 0) is 9.31 Å². The van der Waals surface area contributed by atoms with Gasteiger partial charge in [0.05, 0.1) is 11.2 Å². The molecule has 0 atom stereocenters. The summed E-state index contributed by atoms with van der Waals surface area (Å²) in [5, 5.41) is 0. The van der Waals surface area contributed by atoms with Gasteiger partial charge in [-0.15, -0.1) is 0 Å². The summed E-state index contributed by atoms with van der Waals surface area (Å²) in [5.74, 6) is 0. The molecule has 1 aromatic heterocycles. The molecular formula is C21H25BN2O3. The summed E-state index contributed by atoms with van der Waals surface area (Å²) in [4.78, 5) is 6.78. The van der Waals surface area contributed by atoms with E-state index in [4.69, 9.17) is 13.7 Å². The van der Waals surface area contributed by atoms with Crippen LogP contribution in [-0.4, -0.2) is 36.4 Å². The predicted octanol–water partition coefficient (Wildman–Crippen LogP) is 3.62. The summed E-state index contributed by atoms with van der Waals surface area (Å²) < 4.78 is 18.3. The molecule has 4 rings (SSSR count). The minimum Gasteiger partial charge on any atom is -0.423 e. The molecule has 2 aliphatic heterocycles. The van der Waals surface area contributed by atoms with Crippen molar-refractivity contribution in [2.75, 3.05) is 18.0 Å². The summed E-state index contributed by atoms with van der Waals surface area (Å²) in [6.07, 6.45) is 3.74. The largest absolute Gasteiger partial charge is 0.494 e. The van der Waals surface area contributed by atoms with Gasteiger partial charge in [0, 0.05) is 13.1 Å². The van der Waals surface area contributed by atoms with E-state index in [2.05, 4.69) is 50.7 Å². The summed E-state index contributed by atoms with van der Waals surface area (Å²) in [6.45, 7) is 17.4. The zero-order valence-corrected chi connectivity index (χ0v) is 16.4. The maximum Gasteiger partial charge on any atom is 0.494 e. The lowest BCUT2D eigenvalue weighted by molar-refractivity contribution is 0.00578. The first kappa shape index (κ1) is 18.1. The Morgan fingerprint density at radius 2 is 1.63 bits per heavy atom. The number of hydrogen-bond donors (Lipinski definition) is 0. The van der Waals surface area contributed by atoms with E-state index in [1.165, 1.54) is 0 Å². The molecule has 0 amide bonds. The minimum absolute atomic E-state index is 0.370. The highest BCUT2D eigenvalue weighted by atomic mass is 16.7. The number of benzene rings is 1. The van der Waals surface area contributed by atoms with Gasteiger partial charge in [-0.1, -0.05) is 31.4 Å². The quantitative estimate of drug-likeness (QED) is 0.776. The topological polar surface area (TPSA) is 47.7 Å². The number of nitrogens with zero attached hydrogens (tertiary/aromatic N) is 2. The molecule has 140 valence electrons. The Bertz CT molecular complexity index is 921. The average Bonchev–Trinajstić information content (AvgIpc) is 3.27. The third-order valence-electron chi connectivity index (χ3n) is 5.82. The van der Waals surface area contributed by atoms with Crippen LogP contribution < -0.4 is 10.4 Å². The van der Waals surface area contributed by atoms with Gasteiger partial charge in [-0.05, 0) is 56.4 Å². The average molecular weight is 364 g/mol. The van der Waals surface area contributed by atoms with Gasteiger partial charge in [0.1, 0.15) is 5.52 Å². The van der Waals surface area contributed by atoms with Crippen molar-refractivity contribution in [1.29, 1.82) is 0 Å². The van der Waals surface area contributed by atoms with Crippen molar-refractivity contribution in [1.82, 2.24) is 4.98 Å². The fourth-order valence-electron chi connectivity index (χ4n) is 3.39. The van der Waals surface area contributed by atoms with E-state index in [1.807, 2.05) is 30.4 Å². The summed E-state index contributed by atoms with van der Waals surface area (Å²) in [5.41, 5.74) is 4.06. The van der Waals surface area contributed by atoms with E-state index < -0.39 is 7.12 Å². The lowest BCUT2D eigenvalue weighted by atomic mass is 9.79. The Morgan fingerprint density at radius 3 is 2.19 bits per heavy atom. The molecule has 0 radical (unpaired) electrons. The van der Waals surface area contributed by atoms with Crippen LogP contribution in [0.4, 0.5) is 6.01 Å². The Labute approximate surface area is 160 Å². The van der Waals surface area contributed by atoms with Crippen molar-refractivity contribution < 1.29 is 13.7 Å². The summed E-state index contributed by atoms with van der Waals surface area (Å²) in [7, 11) is -0.409. The monoisotopic (exact) mass is 364 g/mol. The zero-order valence-electron chi connectivity index (χ0n) is 16.4. The maximum atomic E-state index is 6.14. The molecular weight excluding hydrogens is 339 g/mol. The second-order valence-electron chi connectivity index (χ2n) is 8.13. The molecule has 3 heterocycles. The van der Waals surface area contributed by atoms with Crippen LogP contribution in [0.15, 0.2) is 59.1 Å². The lowest BCUT2D eigenvalue weighted by Crippen LogP contribution is -2.41. The highest BCUT2D eigenvalue weighted by molar-refractivity contribution is 6.62. The second kappa shape index (κ2) is 6.11. The molecule has 0 saturated carbocycles. The first-order valence-corrected chi connectivity index (χ1v) is 9.22. The molecule has 0 bridgehead atoms. The molecule has 2 aromatic rings. The Kier molecular flexibility index (Phi) is 4.09. The summed E-state index contributed by atoms with van der Waals surface area (Å²) in [6, 6.07) is 6.49. The van der Waals surface area contributed by atoms with Crippen LogP contribution in [0, 0.1) is 0 Å². The van der Waals surface area contributed by atoms with Crippen molar-refractivity contribution in [3.8, 4) is 0 Å². The number of hydrogen-bond acceptors (Lipinski definition) is 5. The number of fused-ring (bicyclic) bond motifs is 1. The van der Waals surface area contributed by atoms with Crippen molar-refractivity contribution >= 4 is 29.7 Å². The van der Waals surface area contributed by atoms with Gasteiger partial charge in [-0.3, -0.25) is 0 Å². The molecule has 0 spiro atoms. The molecule has 2 aliphatic rings. The number of aromatic nitrogens is 1. The first-order chi connectivity index (χ1) is 12.7. The number of oxazole rings is 1. The fraction of sp³-hybridized carbons (Fsp3) is 0.381. The fourth-order valence-corrected chi connectivity index (χ4v) is 3.39. The van der Waals surface area contributed by atoms with E-state index >= 15 is 0 Å².